The third-order valence-corrected chi connectivity index (χ3v) is 5.15. The van der Waals surface area contributed by atoms with Crippen LogP contribution in [0.25, 0.3) is 0 Å². The second kappa shape index (κ2) is 9.67. The molecule has 0 saturated carbocycles. The second-order valence-corrected chi connectivity index (χ2v) is 7.22. The van der Waals surface area contributed by atoms with E-state index in [0.717, 1.165) is 51.1 Å². The summed E-state index contributed by atoms with van der Waals surface area (Å²) in [5.74, 6) is 1.15. The number of anilines is 1. The molecule has 1 aliphatic heterocycles. The zero-order valence-corrected chi connectivity index (χ0v) is 15.5. The van der Waals surface area contributed by atoms with E-state index < -0.39 is 0 Å². The monoisotopic (exact) mass is 353 g/mol. The van der Waals surface area contributed by atoms with Gasteiger partial charge in [-0.05, 0) is 49.4 Å². The molecule has 3 rings (SSSR count). The fourth-order valence-corrected chi connectivity index (χ4v) is 3.87. The average molecular weight is 354 g/mol. The normalized spacial score (nSPS) is 20.5. The summed E-state index contributed by atoms with van der Waals surface area (Å²) in [5, 5.41) is 3.78. The van der Waals surface area contributed by atoms with Gasteiger partial charge in [-0.1, -0.05) is 36.4 Å². The van der Waals surface area contributed by atoms with Crippen molar-refractivity contribution in [3.63, 3.8) is 0 Å². The second-order valence-electron chi connectivity index (χ2n) is 7.22. The lowest BCUT2D eigenvalue weighted by molar-refractivity contribution is 0.330. The minimum atomic E-state index is 0.487. The van der Waals surface area contributed by atoms with Crippen LogP contribution in [0, 0.1) is 5.92 Å². The Balaban J connectivity index is 1.52. The summed E-state index contributed by atoms with van der Waals surface area (Å²) in [4.78, 5) is 6.95. The van der Waals surface area contributed by atoms with Crippen molar-refractivity contribution in [3.05, 3.63) is 59.8 Å². The van der Waals surface area contributed by atoms with E-state index in [-0.39, 0.29) is 0 Å². The zero-order valence-electron chi connectivity index (χ0n) is 15.5. The number of benzene rings is 1. The molecule has 0 radical (unpaired) electrons. The van der Waals surface area contributed by atoms with E-state index in [0.29, 0.717) is 24.3 Å². The summed E-state index contributed by atoms with van der Waals surface area (Å²) >= 11 is 0. The molecule has 140 valence electrons. The Kier molecular flexibility index (Phi) is 7.00. The fraction of sp³-hybridized carbons (Fsp3) is 0.476. The SMILES string of the molecule is NCCN1C[C@H](Cc2cccc(N)n2)[C@H](NCCCc2ccccc2)C1. The first-order chi connectivity index (χ1) is 12.7. The smallest absolute Gasteiger partial charge is 0.123 e. The highest BCUT2D eigenvalue weighted by atomic mass is 15.2. The predicted molar refractivity (Wildman–Crippen MR) is 108 cm³/mol. The van der Waals surface area contributed by atoms with Crippen LogP contribution >= 0.6 is 0 Å². The van der Waals surface area contributed by atoms with Crippen molar-refractivity contribution in [2.45, 2.75) is 25.3 Å². The molecule has 2 heterocycles. The maximum atomic E-state index is 5.84. The fourth-order valence-electron chi connectivity index (χ4n) is 3.87. The van der Waals surface area contributed by atoms with Gasteiger partial charge in [-0.2, -0.15) is 0 Å². The van der Waals surface area contributed by atoms with E-state index in [9.17, 15) is 0 Å². The number of hydrogen-bond acceptors (Lipinski definition) is 5. The van der Waals surface area contributed by atoms with Crippen LogP contribution in [-0.4, -0.2) is 48.6 Å². The molecule has 5 nitrogen and oxygen atoms in total. The van der Waals surface area contributed by atoms with Gasteiger partial charge in [-0.25, -0.2) is 4.98 Å². The summed E-state index contributed by atoms with van der Waals surface area (Å²) in [6.45, 7) is 4.85. The highest BCUT2D eigenvalue weighted by molar-refractivity contribution is 5.29. The summed E-state index contributed by atoms with van der Waals surface area (Å²) < 4.78 is 0. The maximum absolute atomic E-state index is 5.84. The Morgan fingerprint density at radius 2 is 1.92 bits per heavy atom. The highest BCUT2D eigenvalue weighted by Gasteiger charge is 2.32. The molecular formula is C21H31N5. The molecule has 5 N–H and O–H groups in total. The van der Waals surface area contributed by atoms with E-state index >= 15 is 0 Å². The Hall–Kier alpha value is -1.95. The summed E-state index contributed by atoms with van der Waals surface area (Å²) in [5.41, 5.74) is 14.1. The number of likely N-dealkylation sites (tertiary alicyclic amines) is 1. The number of nitrogens with one attached hydrogen (secondary N) is 1. The van der Waals surface area contributed by atoms with Crippen LogP contribution in [0.4, 0.5) is 5.82 Å². The van der Waals surface area contributed by atoms with Crippen molar-refractivity contribution in [1.82, 2.24) is 15.2 Å². The topological polar surface area (TPSA) is 80.2 Å². The largest absolute Gasteiger partial charge is 0.384 e. The number of rotatable bonds is 9. The zero-order chi connectivity index (χ0) is 18.2. The van der Waals surface area contributed by atoms with Gasteiger partial charge in [0, 0.05) is 37.9 Å². The first-order valence-electron chi connectivity index (χ1n) is 9.65. The Morgan fingerprint density at radius 3 is 2.69 bits per heavy atom. The van der Waals surface area contributed by atoms with Gasteiger partial charge >= 0.3 is 0 Å². The van der Waals surface area contributed by atoms with Crippen LogP contribution in [0.3, 0.4) is 0 Å². The number of aromatic nitrogens is 1. The van der Waals surface area contributed by atoms with Crippen molar-refractivity contribution < 1.29 is 0 Å². The van der Waals surface area contributed by atoms with Crippen molar-refractivity contribution >= 4 is 5.82 Å². The molecular weight excluding hydrogens is 322 g/mol. The number of hydrogen-bond donors (Lipinski definition) is 3. The molecule has 1 aliphatic rings. The predicted octanol–water partition coefficient (Wildman–Crippen LogP) is 1.69. The number of pyridine rings is 1. The quantitative estimate of drug-likeness (QED) is 0.598. The van der Waals surface area contributed by atoms with E-state index in [1.54, 1.807) is 0 Å². The minimum Gasteiger partial charge on any atom is -0.384 e. The lowest BCUT2D eigenvalue weighted by Gasteiger charge is -2.20. The first-order valence-corrected chi connectivity index (χ1v) is 9.65. The molecule has 1 aromatic carbocycles. The van der Waals surface area contributed by atoms with Crippen molar-refractivity contribution in [2.75, 3.05) is 38.5 Å². The van der Waals surface area contributed by atoms with Gasteiger partial charge in [0.15, 0.2) is 0 Å². The number of nitrogens with zero attached hydrogens (tertiary/aromatic N) is 2. The van der Waals surface area contributed by atoms with Crippen LogP contribution in [-0.2, 0) is 12.8 Å². The third kappa shape index (κ3) is 5.53. The Bertz CT molecular complexity index is 660. The van der Waals surface area contributed by atoms with Gasteiger partial charge in [0.25, 0.3) is 0 Å². The van der Waals surface area contributed by atoms with Crippen LogP contribution < -0.4 is 16.8 Å². The maximum Gasteiger partial charge on any atom is 0.123 e. The number of aryl methyl sites for hydroxylation is 1. The van der Waals surface area contributed by atoms with Crippen LogP contribution in [0.5, 0.6) is 0 Å². The van der Waals surface area contributed by atoms with Crippen molar-refractivity contribution in [3.8, 4) is 0 Å². The molecule has 1 saturated heterocycles. The molecule has 26 heavy (non-hydrogen) atoms. The minimum absolute atomic E-state index is 0.487. The molecule has 0 amide bonds. The van der Waals surface area contributed by atoms with Crippen LogP contribution in [0.1, 0.15) is 17.7 Å². The first kappa shape index (κ1) is 18.8. The van der Waals surface area contributed by atoms with E-state index in [1.807, 2.05) is 12.1 Å². The van der Waals surface area contributed by atoms with Crippen LogP contribution in [0.2, 0.25) is 0 Å². The van der Waals surface area contributed by atoms with Gasteiger partial charge in [-0.15, -0.1) is 0 Å². The Morgan fingerprint density at radius 1 is 1.08 bits per heavy atom. The van der Waals surface area contributed by atoms with Gasteiger partial charge in [0.1, 0.15) is 5.82 Å². The average Bonchev–Trinajstić information content (AvgIpc) is 3.01. The molecule has 1 fully saturated rings. The van der Waals surface area contributed by atoms with E-state index in [2.05, 4.69) is 51.6 Å². The van der Waals surface area contributed by atoms with Crippen LogP contribution in [0.15, 0.2) is 48.5 Å². The van der Waals surface area contributed by atoms with E-state index in [1.165, 1.54) is 5.56 Å². The summed E-state index contributed by atoms with van der Waals surface area (Å²) in [7, 11) is 0. The molecule has 5 heteroatoms. The Labute approximate surface area is 156 Å². The molecule has 1 aromatic heterocycles. The summed E-state index contributed by atoms with van der Waals surface area (Å²) in [6, 6.07) is 17.1. The molecule has 0 aliphatic carbocycles. The van der Waals surface area contributed by atoms with Gasteiger partial charge in [-0.3, -0.25) is 0 Å². The van der Waals surface area contributed by atoms with Gasteiger partial charge in [0.2, 0.25) is 0 Å². The van der Waals surface area contributed by atoms with E-state index in [4.69, 9.17) is 11.5 Å². The molecule has 0 bridgehead atoms. The van der Waals surface area contributed by atoms with Crippen molar-refractivity contribution in [2.24, 2.45) is 11.7 Å². The number of nitrogen functional groups attached to an aromatic ring is 1. The molecule has 2 atom stereocenters. The molecule has 0 unspecified atom stereocenters. The third-order valence-electron chi connectivity index (χ3n) is 5.15. The van der Waals surface area contributed by atoms with Gasteiger partial charge in [0.05, 0.1) is 0 Å². The highest BCUT2D eigenvalue weighted by Crippen LogP contribution is 2.21. The summed E-state index contributed by atoms with van der Waals surface area (Å²) in [6.07, 6.45) is 3.23. The lowest BCUT2D eigenvalue weighted by Crippen LogP contribution is -2.38. The molecule has 2 aromatic rings. The van der Waals surface area contributed by atoms with Crippen molar-refractivity contribution in [1.29, 1.82) is 0 Å². The lowest BCUT2D eigenvalue weighted by atomic mass is 9.97. The van der Waals surface area contributed by atoms with Gasteiger partial charge < -0.3 is 21.7 Å². The standard InChI is InChI=1S/C21H31N5/c22-11-13-26-15-18(14-19-9-4-10-21(23)25-19)20(16-26)24-12-5-8-17-6-2-1-3-7-17/h1-4,6-7,9-10,18,20,24H,5,8,11-16,22H2,(H2,23,25)/t18-,20+/m0/s1. The number of nitrogens with two attached hydrogens (primary N) is 2. The molecule has 0 spiro atoms.